The summed E-state index contributed by atoms with van der Waals surface area (Å²) in [5.41, 5.74) is 3.16. The molecule has 0 unspecified atom stereocenters. The molecule has 3 aromatic carbocycles. The van der Waals surface area contributed by atoms with Gasteiger partial charge in [-0.1, -0.05) is 36.4 Å². The molecule has 1 heterocycles. The molecule has 0 fully saturated rings. The standard InChI is InChI=1S/C23H22N4O2S/c1-15-10-16(2)12-18(11-15)29-14-22-25-26-23(30)27(22)24-13-20-19-7-5-4-6-17(19)8-9-21(20)28-3/h4-13H,14H2,1-3H3,(H,26,30). The first-order valence-corrected chi connectivity index (χ1v) is 9.93. The predicted octanol–water partition coefficient (Wildman–Crippen LogP) is 5.18. The van der Waals surface area contributed by atoms with Crippen molar-refractivity contribution >= 4 is 29.2 Å². The van der Waals surface area contributed by atoms with E-state index in [-0.39, 0.29) is 6.61 Å². The van der Waals surface area contributed by atoms with Crippen molar-refractivity contribution in [2.24, 2.45) is 5.10 Å². The molecule has 0 spiro atoms. The molecule has 0 aliphatic carbocycles. The fourth-order valence-electron chi connectivity index (χ4n) is 3.40. The summed E-state index contributed by atoms with van der Waals surface area (Å²) in [6, 6.07) is 18.1. The minimum atomic E-state index is 0.236. The molecule has 0 aliphatic heterocycles. The second-order valence-corrected chi connectivity index (χ2v) is 7.40. The van der Waals surface area contributed by atoms with Gasteiger partial charge in [0.2, 0.25) is 4.77 Å². The summed E-state index contributed by atoms with van der Waals surface area (Å²) in [4.78, 5) is 0. The van der Waals surface area contributed by atoms with Crippen LogP contribution in [-0.2, 0) is 6.61 Å². The van der Waals surface area contributed by atoms with Crippen LogP contribution in [0.15, 0.2) is 59.7 Å². The lowest BCUT2D eigenvalue weighted by Gasteiger charge is -2.09. The van der Waals surface area contributed by atoms with Crippen LogP contribution < -0.4 is 9.47 Å². The van der Waals surface area contributed by atoms with Gasteiger partial charge in [-0.3, -0.25) is 0 Å². The highest BCUT2D eigenvalue weighted by Gasteiger charge is 2.09. The molecule has 1 N–H and O–H groups in total. The Labute approximate surface area is 179 Å². The van der Waals surface area contributed by atoms with Gasteiger partial charge in [-0.25, -0.2) is 5.10 Å². The van der Waals surface area contributed by atoms with E-state index in [1.165, 1.54) is 0 Å². The van der Waals surface area contributed by atoms with Gasteiger partial charge in [0.15, 0.2) is 5.82 Å². The maximum absolute atomic E-state index is 5.93. The number of ether oxygens (including phenoxy) is 2. The van der Waals surface area contributed by atoms with Crippen molar-refractivity contribution in [3.63, 3.8) is 0 Å². The van der Waals surface area contributed by atoms with Gasteiger partial charge in [0.25, 0.3) is 0 Å². The van der Waals surface area contributed by atoms with E-state index in [4.69, 9.17) is 21.7 Å². The molecule has 6 nitrogen and oxygen atoms in total. The van der Waals surface area contributed by atoms with Gasteiger partial charge in [0.05, 0.1) is 13.3 Å². The summed E-state index contributed by atoms with van der Waals surface area (Å²) < 4.78 is 13.4. The number of hydrogen-bond donors (Lipinski definition) is 1. The van der Waals surface area contributed by atoms with Crippen LogP contribution >= 0.6 is 12.2 Å². The molecule has 152 valence electrons. The number of H-pyrrole nitrogens is 1. The fourth-order valence-corrected chi connectivity index (χ4v) is 3.60. The third-order valence-electron chi connectivity index (χ3n) is 4.73. The molecule has 0 saturated carbocycles. The van der Waals surface area contributed by atoms with Crippen LogP contribution in [0.2, 0.25) is 0 Å². The molecule has 4 rings (SSSR count). The Morgan fingerprint density at radius 2 is 1.87 bits per heavy atom. The smallest absolute Gasteiger partial charge is 0.216 e. The van der Waals surface area contributed by atoms with Crippen LogP contribution in [0.25, 0.3) is 10.8 Å². The number of hydrogen-bond acceptors (Lipinski definition) is 5. The lowest BCUT2D eigenvalue weighted by atomic mass is 10.0. The molecule has 0 saturated heterocycles. The quantitative estimate of drug-likeness (QED) is 0.346. The molecule has 0 radical (unpaired) electrons. The van der Waals surface area contributed by atoms with E-state index in [2.05, 4.69) is 27.4 Å². The molecule has 0 bridgehead atoms. The summed E-state index contributed by atoms with van der Waals surface area (Å²) in [6.07, 6.45) is 1.74. The Morgan fingerprint density at radius 1 is 1.10 bits per heavy atom. The van der Waals surface area contributed by atoms with Crippen molar-refractivity contribution in [2.45, 2.75) is 20.5 Å². The minimum Gasteiger partial charge on any atom is -0.496 e. The first-order valence-electron chi connectivity index (χ1n) is 9.52. The molecule has 1 aromatic heterocycles. The lowest BCUT2D eigenvalue weighted by Crippen LogP contribution is -2.05. The molecule has 4 aromatic rings. The lowest BCUT2D eigenvalue weighted by molar-refractivity contribution is 0.290. The van der Waals surface area contributed by atoms with Gasteiger partial charge in [-0.15, -0.1) is 0 Å². The highest BCUT2D eigenvalue weighted by molar-refractivity contribution is 7.71. The number of methoxy groups -OCH3 is 1. The van der Waals surface area contributed by atoms with E-state index >= 15 is 0 Å². The molecule has 0 atom stereocenters. The number of benzene rings is 3. The van der Waals surface area contributed by atoms with Crippen LogP contribution in [-0.4, -0.2) is 28.2 Å². The van der Waals surface area contributed by atoms with Crippen LogP contribution in [0.3, 0.4) is 0 Å². The summed E-state index contributed by atoms with van der Waals surface area (Å²) in [7, 11) is 1.65. The van der Waals surface area contributed by atoms with E-state index in [0.29, 0.717) is 10.6 Å². The highest BCUT2D eigenvalue weighted by Crippen LogP contribution is 2.26. The third-order valence-corrected chi connectivity index (χ3v) is 5.00. The number of nitrogens with zero attached hydrogens (tertiary/aromatic N) is 3. The number of aryl methyl sites for hydroxylation is 2. The molecule has 0 amide bonds. The SMILES string of the molecule is COc1ccc2ccccc2c1C=Nn1c(COc2cc(C)cc(C)c2)n[nH]c1=S. The first kappa shape index (κ1) is 19.8. The van der Waals surface area contributed by atoms with Gasteiger partial charge in [-0.2, -0.15) is 14.9 Å². The Morgan fingerprint density at radius 3 is 2.63 bits per heavy atom. The molecule has 0 aliphatic rings. The van der Waals surface area contributed by atoms with Crippen molar-refractivity contribution < 1.29 is 9.47 Å². The third kappa shape index (κ3) is 4.11. The van der Waals surface area contributed by atoms with Crippen molar-refractivity contribution in [3.05, 3.63) is 81.9 Å². The van der Waals surface area contributed by atoms with Gasteiger partial charge in [0.1, 0.15) is 18.1 Å². The van der Waals surface area contributed by atoms with Crippen LogP contribution in [0.4, 0.5) is 0 Å². The van der Waals surface area contributed by atoms with Crippen LogP contribution in [0.5, 0.6) is 11.5 Å². The van der Waals surface area contributed by atoms with E-state index in [9.17, 15) is 0 Å². The number of aromatic nitrogens is 3. The highest BCUT2D eigenvalue weighted by atomic mass is 32.1. The number of aromatic amines is 1. The normalized spacial score (nSPS) is 11.3. The minimum absolute atomic E-state index is 0.236. The average molecular weight is 419 g/mol. The second-order valence-electron chi connectivity index (χ2n) is 7.02. The Hall–Kier alpha value is -3.45. The zero-order chi connectivity index (χ0) is 21.1. The Bertz CT molecular complexity index is 1270. The topological polar surface area (TPSA) is 64.4 Å². The molecule has 7 heteroatoms. The number of fused-ring (bicyclic) bond motifs is 1. The van der Waals surface area contributed by atoms with Crippen LogP contribution in [0, 0.1) is 18.6 Å². The number of nitrogens with one attached hydrogen (secondary N) is 1. The van der Waals surface area contributed by atoms with Crippen molar-refractivity contribution in [1.29, 1.82) is 0 Å². The Kier molecular flexibility index (Phi) is 5.63. The number of rotatable bonds is 6. The molecular weight excluding hydrogens is 396 g/mol. The maximum Gasteiger partial charge on any atom is 0.216 e. The van der Waals surface area contributed by atoms with Gasteiger partial charge < -0.3 is 9.47 Å². The fraction of sp³-hybridized carbons (Fsp3) is 0.174. The van der Waals surface area contributed by atoms with E-state index in [1.807, 2.05) is 56.3 Å². The zero-order valence-electron chi connectivity index (χ0n) is 17.0. The second kappa shape index (κ2) is 8.51. The monoisotopic (exact) mass is 418 g/mol. The maximum atomic E-state index is 5.93. The first-order chi connectivity index (χ1) is 14.5. The van der Waals surface area contributed by atoms with E-state index in [0.717, 1.165) is 39.0 Å². The van der Waals surface area contributed by atoms with Crippen LogP contribution in [0.1, 0.15) is 22.5 Å². The van der Waals surface area contributed by atoms with Gasteiger partial charge in [0, 0.05) is 5.56 Å². The summed E-state index contributed by atoms with van der Waals surface area (Å²) in [5.74, 6) is 2.10. The largest absolute Gasteiger partial charge is 0.496 e. The Balaban J connectivity index is 1.65. The van der Waals surface area contributed by atoms with Crippen molar-refractivity contribution in [2.75, 3.05) is 7.11 Å². The van der Waals surface area contributed by atoms with Crippen molar-refractivity contribution in [3.8, 4) is 11.5 Å². The predicted molar refractivity (Wildman–Crippen MR) is 121 cm³/mol. The summed E-state index contributed by atoms with van der Waals surface area (Å²) in [6.45, 7) is 4.32. The summed E-state index contributed by atoms with van der Waals surface area (Å²) in [5, 5.41) is 13.8. The van der Waals surface area contributed by atoms with Gasteiger partial charge in [-0.05, 0) is 66.2 Å². The van der Waals surface area contributed by atoms with E-state index < -0.39 is 0 Å². The van der Waals surface area contributed by atoms with E-state index in [1.54, 1.807) is 18.0 Å². The average Bonchev–Trinajstić information content (AvgIpc) is 3.09. The summed E-state index contributed by atoms with van der Waals surface area (Å²) >= 11 is 5.36. The van der Waals surface area contributed by atoms with Gasteiger partial charge >= 0.3 is 0 Å². The molecular formula is C23H22N4O2S. The molecule has 30 heavy (non-hydrogen) atoms. The zero-order valence-corrected chi connectivity index (χ0v) is 17.9. The van der Waals surface area contributed by atoms with Crippen molar-refractivity contribution in [1.82, 2.24) is 14.9 Å².